The zero-order valence-electron chi connectivity index (χ0n) is 11.8. The summed E-state index contributed by atoms with van der Waals surface area (Å²) in [6, 6.07) is 1.26. The van der Waals surface area contributed by atoms with E-state index in [4.69, 9.17) is 0 Å². The largest absolute Gasteiger partial charge is 0.465 e. The van der Waals surface area contributed by atoms with Crippen LogP contribution in [0.1, 0.15) is 23.0 Å². The van der Waals surface area contributed by atoms with Gasteiger partial charge in [0.2, 0.25) is 10.0 Å². The van der Waals surface area contributed by atoms with Crippen molar-refractivity contribution in [3.63, 3.8) is 0 Å². The predicted octanol–water partition coefficient (Wildman–Crippen LogP) is 1.23. The second kappa shape index (κ2) is 7.55. The number of carbonyl (C=O) groups excluding carboxylic acids is 1. The van der Waals surface area contributed by atoms with Gasteiger partial charge in [-0.15, -0.1) is 23.7 Å². The molecule has 0 aliphatic carbocycles. The number of hydrogen-bond donors (Lipinski definition) is 2. The number of hydrogen-bond acceptors (Lipinski definition) is 6. The molecule has 1 saturated heterocycles. The van der Waals surface area contributed by atoms with Crippen molar-refractivity contribution in [3.8, 4) is 0 Å². The van der Waals surface area contributed by atoms with Gasteiger partial charge in [0.05, 0.1) is 7.11 Å². The SMILES string of the molecule is COC(=O)c1sccc1S(=O)(=O)NC1CNCCC1C.Cl. The van der Waals surface area contributed by atoms with Crippen molar-refractivity contribution in [3.05, 3.63) is 16.3 Å². The lowest BCUT2D eigenvalue weighted by molar-refractivity contribution is 0.0602. The van der Waals surface area contributed by atoms with Crippen LogP contribution in [0.4, 0.5) is 0 Å². The monoisotopic (exact) mass is 354 g/mol. The lowest BCUT2D eigenvalue weighted by atomic mass is 9.96. The van der Waals surface area contributed by atoms with Gasteiger partial charge in [0.1, 0.15) is 9.77 Å². The van der Waals surface area contributed by atoms with Gasteiger partial charge in [-0.05, 0) is 30.3 Å². The molecule has 1 aromatic rings. The minimum absolute atomic E-state index is 0. The molecule has 120 valence electrons. The highest BCUT2D eigenvalue weighted by Gasteiger charge is 2.30. The number of thiophene rings is 1. The van der Waals surface area contributed by atoms with Crippen LogP contribution in [0.2, 0.25) is 0 Å². The molecule has 1 aromatic heterocycles. The van der Waals surface area contributed by atoms with Gasteiger partial charge in [0, 0.05) is 12.6 Å². The van der Waals surface area contributed by atoms with Gasteiger partial charge in [-0.25, -0.2) is 17.9 Å². The first-order valence-corrected chi connectivity index (χ1v) is 8.71. The molecule has 2 unspecified atom stereocenters. The van der Waals surface area contributed by atoms with Crippen LogP contribution < -0.4 is 10.0 Å². The molecule has 2 rings (SSSR count). The molecule has 0 saturated carbocycles. The van der Waals surface area contributed by atoms with Crippen LogP contribution in [0.25, 0.3) is 0 Å². The topological polar surface area (TPSA) is 84.5 Å². The van der Waals surface area contributed by atoms with E-state index in [1.165, 1.54) is 13.2 Å². The van der Waals surface area contributed by atoms with Crippen LogP contribution in [0.5, 0.6) is 0 Å². The Hall–Kier alpha value is -0.670. The lowest BCUT2D eigenvalue weighted by Gasteiger charge is -2.29. The quantitative estimate of drug-likeness (QED) is 0.794. The second-order valence-corrected chi connectivity index (χ2v) is 7.40. The van der Waals surface area contributed by atoms with Crippen LogP contribution in [-0.4, -0.2) is 40.6 Å². The molecule has 21 heavy (non-hydrogen) atoms. The first-order chi connectivity index (χ1) is 9.45. The Bertz CT molecular complexity index is 588. The highest BCUT2D eigenvalue weighted by Crippen LogP contribution is 2.24. The Morgan fingerprint density at radius 3 is 2.86 bits per heavy atom. The van der Waals surface area contributed by atoms with E-state index in [0.717, 1.165) is 24.3 Å². The number of ether oxygens (including phenoxy) is 1. The summed E-state index contributed by atoms with van der Waals surface area (Å²) in [5.41, 5.74) is 0. The number of nitrogens with one attached hydrogen (secondary N) is 2. The standard InChI is InChI=1S/C12H18N2O4S2.ClH/c1-8-3-5-13-7-9(8)14-20(16,17)10-4-6-19-11(10)12(15)18-2;/h4,6,8-9,13-14H,3,5,7H2,1-2H3;1H. The lowest BCUT2D eigenvalue weighted by Crippen LogP contribution is -2.50. The Kier molecular flexibility index (Phi) is 6.61. The minimum Gasteiger partial charge on any atom is -0.465 e. The molecule has 1 aliphatic heterocycles. The highest BCUT2D eigenvalue weighted by molar-refractivity contribution is 7.89. The third-order valence-corrected chi connectivity index (χ3v) is 5.98. The number of methoxy groups -OCH3 is 1. The molecule has 0 radical (unpaired) electrons. The second-order valence-electron chi connectivity index (χ2n) is 4.80. The van der Waals surface area contributed by atoms with Crippen LogP contribution in [-0.2, 0) is 14.8 Å². The molecular weight excluding hydrogens is 336 g/mol. The average Bonchev–Trinajstić information content (AvgIpc) is 2.90. The predicted molar refractivity (Wildman–Crippen MR) is 83.7 cm³/mol. The van der Waals surface area contributed by atoms with Gasteiger partial charge in [-0.2, -0.15) is 0 Å². The van der Waals surface area contributed by atoms with Crippen molar-refractivity contribution in [2.24, 2.45) is 5.92 Å². The number of halogens is 1. The van der Waals surface area contributed by atoms with E-state index in [1.807, 2.05) is 6.92 Å². The third kappa shape index (κ3) is 4.17. The van der Waals surface area contributed by atoms with Crippen LogP contribution in [0, 0.1) is 5.92 Å². The van der Waals surface area contributed by atoms with Crippen molar-refractivity contribution in [1.29, 1.82) is 0 Å². The highest BCUT2D eigenvalue weighted by atomic mass is 35.5. The fourth-order valence-electron chi connectivity index (χ4n) is 2.16. The molecule has 9 heteroatoms. The summed E-state index contributed by atoms with van der Waals surface area (Å²) in [7, 11) is -2.48. The van der Waals surface area contributed by atoms with E-state index >= 15 is 0 Å². The van der Waals surface area contributed by atoms with Crippen molar-refractivity contribution in [1.82, 2.24) is 10.0 Å². The third-order valence-electron chi connectivity index (χ3n) is 3.42. The number of sulfonamides is 1. The van der Waals surface area contributed by atoms with E-state index in [-0.39, 0.29) is 34.1 Å². The number of rotatable bonds is 4. The Morgan fingerprint density at radius 1 is 1.52 bits per heavy atom. The van der Waals surface area contributed by atoms with E-state index in [9.17, 15) is 13.2 Å². The molecule has 2 atom stereocenters. The summed E-state index contributed by atoms with van der Waals surface area (Å²) in [6.45, 7) is 3.51. The van der Waals surface area contributed by atoms with Crippen LogP contribution in [0.15, 0.2) is 16.3 Å². The zero-order valence-corrected chi connectivity index (χ0v) is 14.2. The molecule has 1 aliphatic rings. The smallest absolute Gasteiger partial charge is 0.349 e. The van der Waals surface area contributed by atoms with Gasteiger partial charge in [-0.1, -0.05) is 6.92 Å². The number of piperidine rings is 1. The summed E-state index contributed by atoms with van der Waals surface area (Å²) in [5, 5.41) is 4.74. The van der Waals surface area contributed by atoms with Crippen molar-refractivity contribution >= 4 is 39.7 Å². The van der Waals surface area contributed by atoms with Gasteiger partial charge >= 0.3 is 5.97 Å². The molecule has 0 amide bonds. The Balaban J connectivity index is 0.00000220. The summed E-state index contributed by atoms with van der Waals surface area (Å²) in [5.74, 6) is -0.374. The van der Waals surface area contributed by atoms with Crippen molar-refractivity contribution in [2.75, 3.05) is 20.2 Å². The average molecular weight is 355 g/mol. The molecule has 1 fully saturated rings. The fourth-order valence-corrected chi connectivity index (χ4v) is 4.84. The number of esters is 1. The fraction of sp³-hybridized carbons (Fsp3) is 0.583. The molecule has 0 aromatic carbocycles. The molecular formula is C12H19ClN2O4S2. The van der Waals surface area contributed by atoms with Crippen LogP contribution >= 0.6 is 23.7 Å². The van der Waals surface area contributed by atoms with E-state index in [0.29, 0.717) is 6.54 Å². The van der Waals surface area contributed by atoms with Gasteiger partial charge in [0.15, 0.2) is 0 Å². The van der Waals surface area contributed by atoms with E-state index in [2.05, 4.69) is 14.8 Å². The molecule has 0 spiro atoms. The van der Waals surface area contributed by atoms with Gasteiger partial charge < -0.3 is 10.1 Å². The Labute approximate surface area is 134 Å². The van der Waals surface area contributed by atoms with Crippen LogP contribution in [0.3, 0.4) is 0 Å². The van der Waals surface area contributed by atoms with E-state index in [1.54, 1.807) is 5.38 Å². The summed E-state index contributed by atoms with van der Waals surface area (Å²) >= 11 is 1.06. The maximum atomic E-state index is 12.4. The maximum absolute atomic E-state index is 12.4. The normalized spacial score (nSPS) is 22.4. The maximum Gasteiger partial charge on any atom is 0.349 e. The summed E-state index contributed by atoms with van der Waals surface area (Å²) < 4.78 is 32.1. The van der Waals surface area contributed by atoms with Crippen molar-refractivity contribution < 1.29 is 17.9 Å². The first-order valence-electron chi connectivity index (χ1n) is 6.34. The zero-order chi connectivity index (χ0) is 14.8. The summed E-state index contributed by atoms with van der Waals surface area (Å²) in [6.07, 6.45) is 0.917. The Morgan fingerprint density at radius 2 is 2.24 bits per heavy atom. The molecule has 6 nitrogen and oxygen atoms in total. The van der Waals surface area contributed by atoms with E-state index < -0.39 is 16.0 Å². The molecule has 0 bridgehead atoms. The first kappa shape index (κ1) is 18.4. The van der Waals surface area contributed by atoms with Crippen molar-refractivity contribution in [2.45, 2.75) is 24.3 Å². The van der Waals surface area contributed by atoms with Gasteiger partial charge in [-0.3, -0.25) is 0 Å². The minimum atomic E-state index is -3.72. The summed E-state index contributed by atoms with van der Waals surface area (Å²) in [4.78, 5) is 11.7. The number of carbonyl (C=O) groups is 1. The molecule has 2 N–H and O–H groups in total. The molecule has 2 heterocycles. The van der Waals surface area contributed by atoms with Gasteiger partial charge in [0.25, 0.3) is 0 Å².